The van der Waals surface area contributed by atoms with Crippen LogP contribution in [-0.2, 0) is 5.75 Å². The van der Waals surface area contributed by atoms with Crippen LogP contribution in [0.1, 0.15) is 36.5 Å². The Morgan fingerprint density at radius 1 is 1.22 bits per heavy atom. The van der Waals surface area contributed by atoms with Crippen molar-refractivity contribution in [1.82, 2.24) is 0 Å². The van der Waals surface area contributed by atoms with E-state index in [9.17, 15) is 5.11 Å². The van der Waals surface area contributed by atoms with Crippen molar-refractivity contribution >= 4 is 11.8 Å². The van der Waals surface area contributed by atoms with Gasteiger partial charge in [0.25, 0.3) is 0 Å². The quantitative estimate of drug-likeness (QED) is 0.747. The highest BCUT2D eigenvalue weighted by Crippen LogP contribution is 2.18. The fraction of sp³-hybridized carbons (Fsp3) is 0.600. The van der Waals surface area contributed by atoms with Gasteiger partial charge in [0.2, 0.25) is 0 Å². The number of thioether (sulfide) groups is 1. The standard InChI is InChI=1S/C15H25NOS/c1-12-7-13(2)9-14(8-12)10-18-6-4-5-15(3,17)11-16/h7-9,17H,4-6,10-11,16H2,1-3H3. The molecule has 0 saturated carbocycles. The third kappa shape index (κ3) is 5.89. The molecule has 0 heterocycles. The lowest BCUT2D eigenvalue weighted by molar-refractivity contribution is 0.0596. The molecule has 1 rings (SSSR count). The Morgan fingerprint density at radius 2 is 1.83 bits per heavy atom. The Balaban J connectivity index is 2.26. The molecule has 0 bridgehead atoms. The molecule has 0 aliphatic rings. The van der Waals surface area contributed by atoms with Crippen molar-refractivity contribution in [3.05, 3.63) is 34.9 Å². The second-order valence-corrected chi connectivity index (χ2v) is 6.46. The highest BCUT2D eigenvalue weighted by molar-refractivity contribution is 7.98. The first-order chi connectivity index (χ1) is 8.43. The Hall–Kier alpha value is -0.510. The van der Waals surface area contributed by atoms with E-state index in [0.717, 1.165) is 24.3 Å². The van der Waals surface area contributed by atoms with Crippen LogP contribution in [0.3, 0.4) is 0 Å². The van der Waals surface area contributed by atoms with Crippen LogP contribution in [0.2, 0.25) is 0 Å². The summed E-state index contributed by atoms with van der Waals surface area (Å²) in [5.41, 5.74) is 8.85. The summed E-state index contributed by atoms with van der Waals surface area (Å²) in [5, 5.41) is 9.78. The molecule has 18 heavy (non-hydrogen) atoms. The summed E-state index contributed by atoms with van der Waals surface area (Å²) in [6.45, 7) is 6.43. The smallest absolute Gasteiger partial charge is 0.0741 e. The monoisotopic (exact) mass is 267 g/mol. The number of aliphatic hydroxyl groups is 1. The molecular weight excluding hydrogens is 242 g/mol. The predicted octanol–water partition coefficient (Wildman–Crippen LogP) is 3.03. The Bertz CT molecular complexity index is 357. The lowest BCUT2D eigenvalue weighted by Crippen LogP contribution is -2.34. The van der Waals surface area contributed by atoms with Crippen molar-refractivity contribution in [1.29, 1.82) is 0 Å². The van der Waals surface area contributed by atoms with Gasteiger partial charge in [0.05, 0.1) is 5.60 Å². The van der Waals surface area contributed by atoms with Gasteiger partial charge in [0.15, 0.2) is 0 Å². The number of rotatable bonds is 7. The van der Waals surface area contributed by atoms with E-state index >= 15 is 0 Å². The molecule has 0 radical (unpaired) electrons. The van der Waals surface area contributed by atoms with E-state index in [1.54, 1.807) is 0 Å². The van der Waals surface area contributed by atoms with Crippen LogP contribution in [0, 0.1) is 13.8 Å². The minimum absolute atomic E-state index is 0.342. The molecule has 0 aliphatic heterocycles. The van der Waals surface area contributed by atoms with E-state index in [1.807, 2.05) is 18.7 Å². The molecule has 1 atom stereocenters. The number of aryl methyl sites for hydroxylation is 2. The second kappa shape index (κ2) is 7.17. The fourth-order valence-electron chi connectivity index (χ4n) is 2.00. The first-order valence-electron chi connectivity index (χ1n) is 6.50. The highest BCUT2D eigenvalue weighted by atomic mass is 32.2. The van der Waals surface area contributed by atoms with E-state index in [1.165, 1.54) is 16.7 Å². The molecule has 0 fully saturated rings. The molecule has 0 aromatic heterocycles. The van der Waals surface area contributed by atoms with Crippen LogP contribution in [0.25, 0.3) is 0 Å². The van der Waals surface area contributed by atoms with Crippen LogP contribution >= 0.6 is 11.8 Å². The number of hydrogen-bond acceptors (Lipinski definition) is 3. The molecule has 0 saturated heterocycles. The van der Waals surface area contributed by atoms with Crippen molar-refractivity contribution in [2.45, 2.75) is 45.0 Å². The van der Waals surface area contributed by atoms with Crippen molar-refractivity contribution < 1.29 is 5.11 Å². The van der Waals surface area contributed by atoms with Crippen LogP contribution in [0.4, 0.5) is 0 Å². The first-order valence-corrected chi connectivity index (χ1v) is 7.66. The zero-order valence-corrected chi connectivity index (χ0v) is 12.5. The molecule has 0 aliphatic carbocycles. The number of hydrogen-bond donors (Lipinski definition) is 2. The largest absolute Gasteiger partial charge is 0.389 e. The minimum atomic E-state index is -0.694. The third-order valence-corrected chi connectivity index (χ3v) is 4.11. The van der Waals surface area contributed by atoms with Crippen molar-refractivity contribution in [2.24, 2.45) is 5.73 Å². The van der Waals surface area contributed by atoms with Crippen molar-refractivity contribution in [3.63, 3.8) is 0 Å². The van der Waals surface area contributed by atoms with E-state index in [-0.39, 0.29) is 0 Å². The summed E-state index contributed by atoms with van der Waals surface area (Å²) >= 11 is 1.92. The van der Waals surface area contributed by atoms with Gasteiger partial charge in [-0.05, 0) is 44.9 Å². The Morgan fingerprint density at radius 3 is 2.39 bits per heavy atom. The molecule has 3 N–H and O–H groups in total. The zero-order valence-electron chi connectivity index (χ0n) is 11.7. The molecular formula is C15H25NOS. The van der Waals surface area contributed by atoms with E-state index < -0.39 is 5.60 Å². The van der Waals surface area contributed by atoms with Crippen LogP contribution in [-0.4, -0.2) is 23.0 Å². The maximum atomic E-state index is 9.78. The summed E-state index contributed by atoms with van der Waals surface area (Å²) in [6.07, 6.45) is 1.79. The maximum Gasteiger partial charge on any atom is 0.0741 e. The van der Waals surface area contributed by atoms with E-state index in [4.69, 9.17) is 5.73 Å². The summed E-state index contributed by atoms with van der Waals surface area (Å²) < 4.78 is 0. The van der Waals surface area contributed by atoms with Gasteiger partial charge in [-0.3, -0.25) is 0 Å². The van der Waals surface area contributed by atoms with Gasteiger partial charge in [-0.25, -0.2) is 0 Å². The fourth-order valence-corrected chi connectivity index (χ4v) is 2.89. The minimum Gasteiger partial charge on any atom is -0.389 e. The zero-order chi connectivity index (χ0) is 13.6. The second-order valence-electron chi connectivity index (χ2n) is 5.35. The summed E-state index contributed by atoms with van der Waals surface area (Å²) in [5.74, 6) is 2.12. The van der Waals surface area contributed by atoms with Gasteiger partial charge in [-0.15, -0.1) is 0 Å². The molecule has 2 nitrogen and oxygen atoms in total. The predicted molar refractivity (Wildman–Crippen MR) is 81.0 cm³/mol. The maximum absolute atomic E-state index is 9.78. The molecule has 1 unspecified atom stereocenters. The Kier molecular flexibility index (Phi) is 6.19. The average molecular weight is 267 g/mol. The van der Waals surface area contributed by atoms with Crippen molar-refractivity contribution in [2.75, 3.05) is 12.3 Å². The van der Waals surface area contributed by atoms with E-state index in [0.29, 0.717) is 6.54 Å². The Labute approximate surface area is 115 Å². The molecule has 0 amide bonds. The van der Waals surface area contributed by atoms with Gasteiger partial charge in [0.1, 0.15) is 0 Å². The lowest BCUT2D eigenvalue weighted by atomic mass is 10.0. The van der Waals surface area contributed by atoms with Crippen molar-refractivity contribution in [3.8, 4) is 0 Å². The summed E-state index contributed by atoms with van der Waals surface area (Å²) in [4.78, 5) is 0. The lowest BCUT2D eigenvalue weighted by Gasteiger charge is -2.20. The third-order valence-electron chi connectivity index (χ3n) is 2.99. The van der Waals surface area contributed by atoms with Crippen LogP contribution in [0.5, 0.6) is 0 Å². The summed E-state index contributed by atoms with van der Waals surface area (Å²) in [7, 11) is 0. The summed E-state index contributed by atoms with van der Waals surface area (Å²) in [6, 6.07) is 6.69. The molecule has 102 valence electrons. The SMILES string of the molecule is Cc1cc(C)cc(CSCCCC(C)(O)CN)c1. The molecule has 1 aromatic carbocycles. The highest BCUT2D eigenvalue weighted by Gasteiger charge is 2.16. The van der Waals surface area contributed by atoms with Crippen LogP contribution in [0.15, 0.2) is 18.2 Å². The van der Waals surface area contributed by atoms with Gasteiger partial charge in [-0.1, -0.05) is 29.3 Å². The van der Waals surface area contributed by atoms with Gasteiger partial charge < -0.3 is 10.8 Å². The van der Waals surface area contributed by atoms with Gasteiger partial charge in [0, 0.05) is 12.3 Å². The van der Waals surface area contributed by atoms with Crippen LogP contribution < -0.4 is 5.73 Å². The first kappa shape index (κ1) is 15.5. The molecule has 3 heteroatoms. The van der Waals surface area contributed by atoms with E-state index in [2.05, 4.69) is 32.0 Å². The average Bonchev–Trinajstić information content (AvgIpc) is 2.27. The molecule has 1 aromatic rings. The topological polar surface area (TPSA) is 46.2 Å². The normalized spacial score (nSPS) is 14.5. The van der Waals surface area contributed by atoms with Gasteiger partial charge >= 0.3 is 0 Å². The molecule has 0 spiro atoms. The van der Waals surface area contributed by atoms with Gasteiger partial charge in [-0.2, -0.15) is 11.8 Å². The number of nitrogens with two attached hydrogens (primary N) is 1. The number of benzene rings is 1.